The number of allylic oxidation sites excluding steroid dienone is 1. The number of ketones is 1. The number of anilines is 2. The first-order valence-corrected chi connectivity index (χ1v) is 10.9. The molecule has 1 aliphatic heterocycles. The standard InChI is InChI=1S/C24H22N2O3S/c1-24(2)13-16-21(18(27)14-24)22(19-9-5-11-29-19)26(23(28)20-10-6-12-30-20)17-8-4-3-7-15(17)25-16/h3-12,22,25H,13-14H2,1-2H3/t22-/m1/s1. The number of carbonyl (C=O) groups is 2. The van der Waals surface area contributed by atoms with E-state index >= 15 is 0 Å². The lowest BCUT2D eigenvalue weighted by molar-refractivity contribution is -0.118. The third-order valence-corrected chi connectivity index (χ3v) is 6.52. The van der Waals surface area contributed by atoms with Crippen LogP contribution >= 0.6 is 11.3 Å². The van der Waals surface area contributed by atoms with Crippen LogP contribution in [0.1, 0.15) is 48.2 Å². The van der Waals surface area contributed by atoms with E-state index in [0.717, 1.165) is 23.5 Å². The summed E-state index contributed by atoms with van der Waals surface area (Å²) in [6.45, 7) is 4.20. The van der Waals surface area contributed by atoms with Gasteiger partial charge in [-0.25, -0.2) is 0 Å². The van der Waals surface area contributed by atoms with Crippen molar-refractivity contribution in [2.24, 2.45) is 5.41 Å². The molecule has 6 heteroatoms. The maximum Gasteiger partial charge on any atom is 0.269 e. The van der Waals surface area contributed by atoms with Gasteiger partial charge in [0.15, 0.2) is 5.78 Å². The number of nitrogens with one attached hydrogen (secondary N) is 1. The molecule has 3 aromatic rings. The first kappa shape index (κ1) is 18.9. The molecule has 0 fully saturated rings. The highest BCUT2D eigenvalue weighted by Gasteiger charge is 2.44. The Hall–Kier alpha value is -3.12. The molecular weight excluding hydrogens is 396 g/mol. The Morgan fingerprint density at radius 3 is 2.70 bits per heavy atom. The number of rotatable bonds is 2. The summed E-state index contributed by atoms with van der Waals surface area (Å²) in [7, 11) is 0. The Kier molecular flexibility index (Phi) is 4.40. The molecule has 0 saturated carbocycles. The zero-order valence-electron chi connectivity index (χ0n) is 16.8. The molecule has 0 unspecified atom stereocenters. The predicted molar refractivity (Wildman–Crippen MR) is 118 cm³/mol. The lowest BCUT2D eigenvalue weighted by Gasteiger charge is -2.35. The van der Waals surface area contributed by atoms with Crippen molar-refractivity contribution in [2.75, 3.05) is 10.2 Å². The van der Waals surface area contributed by atoms with Crippen molar-refractivity contribution < 1.29 is 14.0 Å². The third kappa shape index (κ3) is 3.08. The molecular formula is C24H22N2O3S. The summed E-state index contributed by atoms with van der Waals surface area (Å²) in [6, 6.07) is 14.4. The minimum Gasteiger partial charge on any atom is -0.467 e. The van der Waals surface area contributed by atoms with Gasteiger partial charge in [-0.15, -0.1) is 11.3 Å². The van der Waals surface area contributed by atoms with Gasteiger partial charge in [-0.3, -0.25) is 14.5 Å². The third-order valence-electron chi connectivity index (χ3n) is 5.66. The van der Waals surface area contributed by atoms with Crippen molar-refractivity contribution in [1.29, 1.82) is 0 Å². The van der Waals surface area contributed by atoms with Gasteiger partial charge in [0, 0.05) is 17.7 Å². The number of Topliss-reactive ketones (excluding diaryl/α,β-unsaturated/α-hetero) is 1. The van der Waals surface area contributed by atoms with Crippen molar-refractivity contribution in [3.63, 3.8) is 0 Å². The van der Waals surface area contributed by atoms with Gasteiger partial charge in [0.2, 0.25) is 0 Å². The molecule has 1 aliphatic carbocycles. The summed E-state index contributed by atoms with van der Waals surface area (Å²) < 4.78 is 5.79. The fourth-order valence-corrected chi connectivity index (χ4v) is 5.11. The first-order chi connectivity index (χ1) is 14.4. The average molecular weight is 419 g/mol. The number of hydrogen-bond donors (Lipinski definition) is 1. The van der Waals surface area contributed by atoms with Crippen LogP contribution in [-0.2, 0) is 4.79 Å². The quantitative estimate of drug-likeness (QED) is 0.571. The van der Waals surface area contributed by atoms with E-state index in [9.17, 15) is 9.59 Å². The number of benzene rings is 1. The highest BCUT2D eigenvalue weighted by Crippen LogP contribution is 2.48. The fraction of sp³-hybridized carbons (Fsp3) is 0.250. The van der Waals surface area contributed by atoms with E-state index < -0.39 is 6.04 Å². The molecule has 1 atom stereocenters. The molecule has 0 saturated heterocycles. The lowest BCUT2D eigenvalue weighted by atomic mass is 9.74. The van der Waals surface area contributed by atoms with Crippen molar-refractivity contribution in [3.05, 3.63) is 82.1 Å². The van der Waals surface area contributed by atoms with E-state index in [2.05, 4.69) is 19.2 Å². The van der Waals surface area contributed by atoms with Crippen molar-refractivity contribution in [1.82, 2.24) is 0 Å². The smallest absolute Gasteiger partial charge is 0.269 e. The Morgan fingerprint density at radius 2 is 1.97 bits per heavy atom. The second-order valence-corrected chi connectivity index (χ2v) is 9.49. The highest BCUT2D eigenvalue weighted by molar-refractivity contribution is 7.12. The Balaban J connectivity index is 1.78. The molecule has 30 heavy (non-hydrogen) atoms. The number of carbonyl (C=O) groups excluding carboxylic acids is 2. The molecule has 0 spiro atoms. The first-order valence-electron chi connectivity index (χ1n) is 9.97. The van der Waals surface area contributed by atoms with Gasteiger partial charge >= 0.3 is 0 Å². The Morgan fingerprint density at radius 1 is 1.13 bits per heavy atom. The molecule has 0 bridgehead atoms. The molecule has 5 rings (SSSR count). The summed E-state index contributed by atoms with van der Waals surface area (Å²) in [5, 5.41) is 5.38. The lowest BCUT2D eigenvalue weighted by Crippen LogP contribution is -2.39. The van der Waals surface area contributed by atoms with Crippen LogP contribution in [-0.4, -0.2) is 11.7 Å². The fourth-order valence-electron chi connectivity index (χ4n) is 4.45. The average Bonchev–Trinajstić information content (AvgIpc) is 3.39. The monoisotopic (exact) mass is 418 g/mol. The summed E-state index contributed by atoms with van der Waals surface area (Å²) >= 11 is 1.39. The number of thiophene rings is 1. The number of fused-ring (bicyclic) bond motifs is 1. The summed E-state index contributed by atoms with van der Waals surface area (Å²) in [5.41, 5.74) is 2.88. The summed E-state index contributed by atoms with van der Waals surface area (Å²) in [5.74, 6) is 0.484. The largest absolute Gasteiger partial charge is 0.467 e. The maximum atomic E-state index is 13.7. The van der Waals surface area contributed by atoms with Gasteiger partial charge in [0.1, 0.15) is 11.8 Å². The molecule has 2 aliphatic rings. The molecule has 0 radical (unpaired) electrons. The van der Waals surface area contributed by atoms with Crippen molar-refractivity contribution >= 4 is 34.4 Å². The highest BCUT2D eigenvalue weighted by atomic mass is 32.1. The zero-order valence-corrected chi connectivity index (χ0v) is 17.7. The van der Waals surface area contributed by atoms with Gasteiger partial charge in [0.25, 0.3) is 5.91 Å². The minimum absolute atomic E-state index is 0.0481. The van der Waals surface area contributed by atoms with Crippen molar-refractivity contribution in [2.45, 2.75) is 32.7 Å². The molecule has 1 aromatic carbocycles. The second kappa shape index (κ2) is 6.99. The van der Waals surface area contributed by atoms with Crippen LogP contribution in [0.3, 0.4) is 0 Å². The van der Waals surface area contributed by atoms with E-state index in [1.807, 2.05) is 47.8 Å². The Bertz CT molecular complexity index is 1140. The van der Waals surface area contributed by atoms with Crippen molar-refractivity contribution in [3.8, 4) is 0 Å². The van der Waals surface area contributed by atoms with Crippen LogP contribution in [0.25, 0.3) is 0 Å². The van der Waals surface area contributed by atoms with Crippen LogP contribution in [0.5, 0.6) is 0 Å². The number of hydrogen-bond acceptors (Lipinski definition) is 5. The second-order valence-electron chi connectivity index (χ2n) is 8.55. The van der Waals surface area contributed by atoms with E-state index in [1.165, 1.54) is 11.3 Å². The zero-order chi connectivity index (χ0) is 20.9. The van der Waals surface area contributed by atoms with Crippen LogP contribution in [0.4, 0.5) is 11.4 Å². The molecule has 1 N–H and O–H groups in total. The van der Waals surface area contributed by atoms with Gasteiger partial charge < -0.3 is 9.73 Å². The summed E-state index contributed by atoms with van der Waals surface area (Å²) in [6.07, 6.45) is 2.74. The normalized spacial score (nSPS) is 20.3. The predicted octanol–water partition coefficient (Wildman–Crippen LogP) is 5.80. The van der Waals surface area contributed by atoms with Crippen LogP contribution in [0, 0.1) is 5.41 Å². The topological polar surface area (TPSA) is 62.6 Å². The molecule has 1 amide bonds. The van der Waals surface area contributed by atoms with Gasteiger partial charge in [-0.05, 0) is 47.5 Å². The van der Waals surface area contributed by atoms with Crippen LogP contribution < -0.4 is 10.2 Å². The Labute approximate surface area is 179 Å². The molecule has 5 nitrogen and oxygen atoms in total. The van der Waals surface area contributed by atoms with Gasteiger partial charge in [0.05, 0.1) is 22.5 Å². The van der Waals surface area contributed by atoms with Gasteiger partial charge in [-0.1, -0.05) is 32.0 Å². The number of nitrogens with zero attached hydrogens (tertiary/aromatic N) is 1. The molecule has 2 aromatic heterocycles. The minimum atomic E-state index is -0.621. The van der Waals surface area contributed by atoms with Crippen LogP contribution in [0.2, 0.25) is 0 Å². The molecule has 3 heterocycles. The number of para-hydroxylation sites is 2. The number of amides is 1. The van der Waals surface area contributed by atoms with E-state index in [0.29, 0.717) is 22.6 Å². The number of furan rings is 1. The molecule has 152 valence electrons. The van der Waals surface area contributed by atoms with E-state index in [-0.39, 0.29) is 17.1 Å². The van der Waals surface area contributed by atoms with Gasteiger partial charge in [-0.2, -0.15) is 0 Å². The van der Waals surface area contributed by atoms with E-state index in [4.69, 9.17) is 4.42 Å². The summed E-state index contributed by atoms with van der Waals surface area (Å²) in [4.78, 5) is 29.5. The maximum absolute atomic E-state index is 13.7. The van der Waals surface area contributed by atoms with Crippen LogP contribution in [0.15, 0.2) is 75.9 Å². The SMILES string of the molecule is CC1(C)CC(=O)C2=C(C1)Nc1ccccc1N(C(=O)c1cccs1)[C@@H]2c1ccco1. The van der Waals surface area contributed by atoms with E-state index in [1.54, 1.807) is 17.2 Å².